The van der Waals surface area contributed by atoms with Crippen molar-refractivity contribution < 1.29 is 5.11 Å². The number of anilines is 1. The highest BCUT2D eigenvalue weighted by Gasteiger charge is 2.27. The molecular weight excluding hydrogens is 190 g/mol. The maximum atomic E-state index is 9.34. The van der Waals surface area contributed by atoms with E-state index in [-0.39, 0.29) is 12.5 Å². The number of rotatable bonds is 2. The maximum Gasteiger partial charge on any atom is 0.128 e. The maximum absolute atomic E-state index is 9.34. The summed E-state index contributed by atoms with van der Waals surface area (Å²) in [5.41, 5.74) is 1.16. The third-order valence-corrected chi connectivity index (χ3v) is 2.99. The zero-order valence-electron chi connectivity index (χ0n) is 9.57. The fraction of sp³-hybridized carbons (Fsp3) is 0.727. The van der Waals surface area contributed by atoms with Crippen molar-refractivity contribution in [3.63, 3.8) is 0 Å². The van der Waals surface area contributed by atoms with Gasteiger partial charge in [0.1, 0.15) is 5.82 Å². The minimum absolute atomic E-state index is 0.211. The van der Waals surface area contributed by atoms with Crippen LogP contribution in [0.4, 0.5) is 5.82 Å². The van der Waals surface area contributed by atoms with Gasteiger partial charge in [0.2, 0.25) is 0 Å². The summed E-state index contributed by atoms with van der Waals surface area (Å²) in [6.07, 6.45) is 2.86. The predicted molar refractivity (Wildman–Crippen MR) is 60.1 cm³/mol. The molecule has 2 rings (SSSR count). The first-order valence-electron chi connectivity index (χ1n) is 5.58. The van der Waals surface area contributed by atoms with Gasteiger partial charge in [0.25, 0.3) is 0 Å². The lowest BCUT2D eigenvalue weighted by Gasteiger charge is -2.29. The molecule has 4 nitrogen and oxygen atoms in total. The highest BCUT2D eigenvalue weighted by Crippen LogP contribution is 2.34. The molecule has 1 aliphatic heterocycles. The molecule has 0 aromatic carbocycles. The van der Waals surface area contributed by atoms with Crippen LogP contribution >= 0.6 is 0 Å². The molecule has 1 aromatic heterocycles. The van der Waals surface area contributed by atoms with E-state index >= 15 is 0 Å². The van der Waals surface area contributed by atoms with Crippen LogP contribution in [0, 0.1) is 0 Å². The average molecular weight is 209 g/mol. The molecule has 0 amide bonds. The van der Waals surface area contributed by atoms with Gasteiger partial charge in [0.05, 0.1) is 12.8 Å². The van der Waals surface area contributed by atoms with E-state index < -0.39 is 0 Å². The van der Waals surface area contributed by atoms with Gasteiger partial charge in [-0.1, -0.05) is 0 Å². The summed E-state index contributed by atoms with van der Waals surface area (Å²) in [6, 6.07) is 0.759. The molecule has 0 radical (unpaired) electrons. The number of nitrogens with one attached hydrogen (secondary N) is 1. The van der Waals surface area contributed by atoms with E-state index in [2.05, 4.69) is 31.2 Å². The predicted octanol–water partition coefficient (Wildman–Crippen LogP) is 1.74. The number of nitrogens with zero attached hydrogens (tertiary/aromatic N) is 2. The summed E-state index contributed by atoms with van der Waals surface area (Å²) < 4.78 is 1.99. The molecule has 0 unspecified atom stereocenters. The van der Waals surface area contributed by atoms with Crippen LogP contribution in [0.5, 0.6) is 0 Å². The smallest absolute Gasteiger partial charge is 0.128 e. The van der Waals surface area contributed by atoms with E-state index in [9.17, 15) is 5.11 Å². The molecule has 0 spiro atoms. The van der Waals surface area contributed by atoms with Crippen LogP contribution in [0.25, 0.3) is 0 Å². The number of fused-ring (bicyclic) bond motifs is 1. The molecule has 2 heterocycles. The highest BCUT2D eigenvalue weighted by atomic mass is 16.3. The Labute approximate surface area is 90.3 Å². The van der Waals surface area contributed by atoms with Crippen LogP contribution < -0.4 is 5.32 Å². The van der Waals surface area contributed by atoms with Gasteiger partial charge in [-0.25, -0.2) is 4.68 Å². The summed E-state index contributed by atoms with van der Waals surface area (Å²) in [5.74, 6) is 1.33. The normalized spacial score (nSPS) is 25.1. The number of aliphatic hydroxyl groups is 1. The van der Waals surface area contributed by atoms with Gasteiger partial charge in [-0.2, -0.15) is 5.10 Å². The SMILES string of the molecule is CC(C)n1ncc2c1N[C@H](C)C[C@H]2CO. The fourth-order valence-electron chi connectivity index (χ4n) is 2.23. The topological polar surface area (TPSA) is 50.1 Å². The molecule has 2 N–H and O–H groups in total. The lowest BCUT2D eigenvalue weighted by atomic mass is 9.91. The third kappa shape index (κ3) is 1.74. The number of hydrogen-bond donors (Lipinski definition) is 2. The summed E-state index contributed by atoms with van der Waals surface area (Å²) in [5, 5.41) is 17.2. The standard InChI is InChI=1S/C11H19N3O/c1-7(2)14-11-10(5-12-14)9(6-15)4-8(3)13-11/h5,7-9,13,15H,4,6H2,1-3H3/t8-,9+/m1/s1. The zero-order chi connectivity index (χ0) is 11.0. The number of aromatic nitrogens is 2. The monoisotopic (exact) mass is 209 g/mol. The van der Waals surface area contributed by atoms with Crippen LogP contribution in [0.15, 0.2) is 6.20 Å². The zero-order valence-corrected chi connectivity index (χ0v) is 9.57. The molecule has 0 fully saturated rings. The van der Waals surface area contributed by atoms with Crippen LogP contribution in [-0.4, -0.2) is 27.5 Å². The van der Waals surface area contributed by atoms with Crippen LogP contribution in [0.2, 0.25) is 0 Å². The van der Waals surface area contributed by atoms with Crippen molar-refractivity contribution in [2.24, 2.45) is 0 Å². The molecule has 1 aromatic rings. The Balaban J connectivity index is 2.39. The van der Waals surface area contributed by atoms with Crippen LogP contribution in [-0.2, 0) is 0 Å². The van der Waals surface area contributed by atoms with Gasteiger partial charge in [-0.15, -0.1) is 0 Å². The van der Waals surface area contributed by atoms with Gasteiger partial charge in [0, 0.05) is 23.6 Å². The molecule has 0 saturated heterocycles. The molecule has 84 valence electrons. The second kappa shape index (κ2) is 3.85. The first-order valence-corrected chi connectivity index (χ1v) is 5.58. The molecule has 0 aliphatic carbocycles. The Kier molecular flexibility index (Phi) is 2.69. The Hall–Kier alpha value is -1.03. The summed E-state index contributed by atoms with van der Waals surface area (Å²) >= 11 is 0. The Morgan fingerprint density at radius 2 is 2.40 bits per heavy atom. The summed E-state index contributed by atoms with van der Waals surface area (Å²) in [7, 11) is 0. The number of aliphatic hydroxyl groups excluding tert-OH is 1. The summed E-state index contributed by atoms with van der Waals surface area (Å²) in [6.45, 7) is 6.58. The molecule has 2 atom stereocenters. The highest BCUT2D eigenvalue weighted by molar-refractivity contribution is 5.50. The first kappa shape index (κ1) is 10.5. The second-order valence-corrected chi connectivity index (χ2v) is 4.65. The fourth-order valence-corrected chi connectivity index (χ4v) is 2.23. The van der Waals surface area contributed by atoms with Gasteiger partial charge in [-0.3, -0.25) is 0 Å². The largest absolute Gasteiger partial charge is 0.396 e. The van der Waals surface area contributed by atoms with E-state index in [4.69, 9.17) is 0 Å². The van der Waals surface area contributed by atoms with Gasteiger partial charge < -0.3 is 10.4 Å². The number of hydrogen-bond acceptors (Lipinski definition) is 3. The van der Waals surface area contributed by atoms with E-state index in [0.717, 1.165) is 17.8 Å². The van der Waals surface area contributed by atoms with Crippen molar-refractivity contribution in [2.45, 2.75) is 45.2 Å². The van der Waals surface area contributed by atoms with E-state index in [1.54, 1.807) is 0 Å². The summed E-state index contributed by atoms with van der Waals surface area (Å²) in [4.78, 5) is 0. The van der Waals surface area contributed by atoms with E-state index in [0.29, 0.717) is 12.1 Å². The van der Waals surface area contributed by atoms with Crippen molar-refractivity contribution >= 4 is 5.82 Å². The lowest BCUT2D eigenvalue weighted by Crippen LogP contribution is -2.28. The minimum Gasteiger partial charge on any atom is -0.396 e. The molecular formula is C11H19N3O. The van der Waals surface area contributed by atoms with Crippen molar-refractivity contribution in [2.75, 3.05) is 11.9 Å². The van der Waals surface area contributed by atoms with Crippen LogP contribution in [0.3, 0.4) is 0 Å². The lowest BCUT2D eigenvalue weighted by molar-refractivity contribution is 0.253. The molecule has 0 bridgehead atoms. The third-order valence-electron chi connectivity index (χ3n) is 2.99. The molecule has 15 heavy (non-hydrogen) atoms. The minimum atomic E-state index is 0.211. The van der Waals surface area contributed by atoms with Crippen LogP contribution in [0.1, 0.15) is 44.7 Å². The van der Waals surface area contributed by atoms with Crippen molar-refractivity contribution in [3.8, 4) is 0 Å². The van der Waals surface area contributed by atoms with Crippen molar-refractivity contribution in [1.29, 1.82) is 0 Å². The van der Waals surface area contributed by atoms with Gasteiger partial charge in [0.15, 0.2) is 0 Å². The molecule has 4 heteroatoms. The van der Waals surface area contributed by atoms with Crippen molar-refractivity contribution in [1.82, 2.24) is 9.78 Å². The van der Waals surface area contributed by atoms with Gasteiger partial charge in [-0.05, 0) is 27.2 Å². The quantitative estimate of drug-likeness (QED) is 0.780. The van der Waals surface area contributed by atoms with Gasteiger partial charge >= 0.3 is 0 Å². The Morgan fingerprint density at radius 1 is 1.67 bits per heavy atom. The second-order valence-electron chi connectivity index (χ2n) is 4.65. The van der Waals surface area contributed by atoms with E-state index in [1.807, 2.05) is 10.9 Å². The Morgan fingerprint density at radius 3 is 3.00 bits per heavy atom. The van der Waals surface area contributed by atoms with Crippen molar-refractivity contribution in [3.05, 3.63) is 11.8 Å². The molecule has 1 aliphatic rings. The first-order chi connectivity index (χ1) is 7.13. The van der Waals surface area contributed by atoms with E-state index in [1.165, 1.54) is 0 Å². The average Bonchev–Trinajstić information content (AvgIpc) is 2.59. The molecule has 0 saturated carbocycles. The Bertz CT molecular complexity index is 346.